The van der Waals surface area contributed by atoms with Crippen molar-refractivity contribution < 1.29 is 18.0 Å². The maximum atomic E-state index is 14.1. The van der Waals surface area contributed by atoms with Crippen LogP contribution in [0.5, 0.6) is 0 Å². The first-order chi connectivity index (χ1) is 21.6. The minimum Gasteiger partial charge on any atom is -0.352 e. The molecule has 0 aliphatic heterocycles. The van der Waals surface area contributed by atoms with Gasteiger partial charge in [-0.05, 0) is 111 Å². The van der Waals surface area contributed by atoms with E-state index in [1.54, 1.807) is 4.90 Å². The van der Waals surface area contributed by atoms with Crippen molar-refractivity contribution in [3.63, 3.8) is 0 Å². The summed E-state index contributed by atoms with van der Waals surface area (Å²) in [6.45, 7) is 1.92. The van der Waals surface area contributed by atoms with Crippen LogP contribution in [0.4, 0.5) is 5.69 Å². The van der Waals surface area contributed by atoms with E-state index in [1.165, 1.54) is 54.8 Å². The van der Waals surface area contributed by atoms with E-state index in [0.717, 1.165) is 55.3 Å². The number of benzene rings is 2. The summed E-state index contributed by atoms with van der Waals surface area (Å²) in [4.78, 5) is 29.4. The van der Waals surface area contributed by atoms with Gasteiger partial charge in [-0.25, -0.2) is 8.42 Å². The SMILES string of the molecule is CCC(C(=O)NC1CCCCC1)N(CCc1ccccc1)C(=O)CN(c1ccc(C23CC4CC(CC(C4)C2)C3)cc1)S(C)(=O)=O. The Morgan fingerprint density at radius 3 is 2.04 bits per heavy atom. The predicted molar refractivity (Wildman–Crippen MR) is 179 cm³/mol. The van der Waals surface area contributed by atoms with Gasteiger partial charge in [-0.15, -0.1) is 0 Å². The molecule has 5 aliphatic rings. The van der Waals surface area contributed by atoms with E-state index in [2.05, 4.69) is 17.4 Å². The molecule has 1 N–H and O–H groups in total. The van der Waals surface area contributed by atoms with E-state index in [0.29, 0.717) is 25.1 Å². The molecule has 4 bridgehead atoms. The molecule has 5 saturated carbocycles. The smallest absolute Gasteiger partial charge is 0.244 e. The molecule has 7 rings (SSSR count). The zero-order valence-corrected chi connectivity index (χ0v) is 27.9. The minimum absolute atomic E-state index is 0.131. The normalized spacial score (nSPS) is 26.8. The summed E-state index contributed by atoms with van der Waals surface area (Å²) in [6, 6.07) is 17.4. The Hall–Kier alpha value is -2.87. The monoisotopic (exact) mass is 633 g/mol. The van der Waals surface area contributed by atoms with Gasteiger partial charge >= 0.3 is 0 Å². The van der Waals surface area contributed by atoms with Crippen molar-refractivity contribution in [1.29, 1.82) is 0 Å². The van der Waals surface area contributed by atoms with E-state index < -0.39 is 16.1 Å². The first kappa shape index (κ1) is 32.1. The number of amides is 2. The van der Waals surface area contributed by atoms with Crippen LogP contribution in [0, 0.1) is 17.8 Å². The van der Waals surface area contributed by atoms with Crippen LogP contribution < -0.4 is 9.62 Å². The van der Waals surface area contributed by atoms with Gasteiger partial charge in [0.1, 0.15) is 12.6 Å². The second kappa shape index (κ2) is 13.5. The Labute approximate surface area is 270 Å². The van der Waals surface area contributed by atoms with Gasteiger partial charge in [0.2, 0.25) is 21.8 Å². The lowest BCUT2D eigenvalue weighted by molar-refractivity contribution is -0.140. The predicted octanol–water partition coefficient (Wildman–Crippen LogP) is 6.22. The Morgan fingerprint density at radius 1 is 0.889 bits per heavy atom. The number of nitrogens with one attached hydrogen (secondary N) is 1. The molecule has 244 valence electrons. The number of carbonyl (C=O) groups excluding carboxylic acids is 2. The number of anilines is 1. The highest BCUT2D eigenvalue weighted by atomic mass is 32.2. The molecule has 1 unspecified atom stereocenters. The molecule has 0 aromatic heterocycles. The van der Waals surface area contributed by atoms with Crippen LogP contribution >= 0.6 is 0 Å². The lowest BCUT2D eigenvalue weighted by atomic mass is 9.48. The van der Waals surface area contributed by atoms with Gasteiger partial charge in [0, 0.05) is 12.6 Å². The largest absolute Gasteiger partial charge is 0.352 e. The summed E-state index contributed by atoms with van der Waals surface area (Å²) in [5, 5.41) is 3.21. The molecule has 8 heteroatoms. The van der Waals surface area contributed by atoms with Gasteiger partial charge in [0.05, 0.1) is 11.9 Å². The molecular formula is C37H51N3O4S. The molecule has 5 fully saturated rings. The topological polar surface area (TPSA) is 86.8 Å². The highest BCUT2D eigenvalue weighted by Gasteiger charge is 2.51. The van der Waals surface area contributed by atoms with Crippen molar-refractivity contribution in [2.24, 2.45) is 17.8 Å². The molecule has 7 nitrogen and oxygen atoms in total. The van der Waals surface area contributed by atoms with E-state index in [9.17, 15) is 18.0 Å². The Kier molecular flexibility index (Phi) is 9.60. The van der Waals surface area contributed by atoms with Crippen LogP contribution in [0.2, 0.25) is 0 Å². The number of sulfonamides is 1. The van der Waals surface area contributed by atoms with Crippen molar-refractivity contribution in [2.75, 3.05) is 23.7 Å². The van der Waals surface area contributed by atoms with Crippen LogP contribution in [0.15, 0.2) is 54.6 Å². The van der Waals surface area contributed by atoms with Crippen LogP contribution in [-0.2, 0) is 31.4 Å². The van der Waals surface area contributed by atoms with Crippen LogP contribution in [0.3, 0.4) is 0 Å². The molecule has 45 heavy (non-hydrogen) atoms. The van der Waals surface area contributed by atoms with Gasteiger partial charge in [0.25, 0.3) is 0 Å². The molecule has 1 atom stereocenters. The van der Waals surface area contributed by atoms with Crippen molar-refractivity contribution in [1.82, 2.24) is 10.2 Å². The number of hydrogen-bond acceptors (Lipinski definition) is 4. The molecule has 2 aromatic carbocycles. The lowest BCUT2D eigenvalue weighted by Gasteiger charge is -2.57. The molecule has 0 saturated heterocycles. The Bertz CT molecular complexity index is 1400. The summed E-state index contributed by atoms with van der Waals surface area (Å²) < 4.78 is 27.6. The number of rotatable bonds is 12. The van der Waals surface area contributed by atoms with Gasteiger partial charge < -0.3 is 10.2 Å². The molecule has 0 radical (unpaired) electrons. The molecule has 0 heterocycles. The molecular weight excluding hydrogens is 582 g/mol. The van der Waals surface area contributed by atoms with Crippen LogP contribution in [0.1, 0.15) is 95.1 Å². The fraction of sp³-hybridized carbons (Fsp3) is 0.622. The average Bonchev–Trinajstić information content (AvgIpc) is 3.01. The summed E-state index contributed by atoms with van der Waals surface area (Å²) in [6.07, 6.45) is 15.4. The Balaban J connectivity index is 1.22. The van der Waals surface area contributed by atoms with Crippen LogP contribution in [0.25, 0.3) is 0 Å². The van der Waals surface area contributed by atoms with Gasteiger partial charge in [-0.2, -0.15) is 0 Å². The fourth-order valence-corrected chi connectivity index (χ4v) is 10.3. The van der Waals surface area contributed by atoms with Gasteiger partial charge in [-0.3, -0.25) is 13.9 Å². The second-order valence-corrected chi connectivity index (χ2v) is 16.5. The van der Waals surface area contributed by atoms with E-state index in [-0.39, 0.29) is 29.8 Å². The van der Waals surface area contributed by atoms with Crippen molar-refractivity contribution in [3.05, 3.63) is 65.7 Å². The van der Waals surface area contributed by atoms with E-state index in [4.69, 9.17) is 0 Å². The van der Waals surface area contributed by atoms with E-state index in [1.807, 2.05) is 49.4 Å². The summed E-state index contributed by atoms with van der Waals surface area (Å²) in [5.41, 5.74) is 3.10. The molecule has 5 aliphatic carbocycles. The highest BCUT2D eigenvalue weighted by Crippen LogP contribution is 2.60. The lowest BCUT2D eigenvalue weighted by Crippen LogP contribution is -2.54. The highest BCUT2D eigenvalue weighted by molar-refractivity contribution is 7.92. The van der Waals surface area contributed by atoms with E-state index >= 15 is 0 Å². The molecule has 2 aromatic rings. The minimum atomic E-state index is -3.76. The average molecular weight is 634 g/mol. The van der Waals surface area contributed by atoms with Crippen molar-refractivity contribution >= 4 is 27.5 Å². The quantitative estimate of drug-likeness (QED) is 0.301. The first-order valence-electron chi connectivity index (χ1n) is 17.4. The first-order valence-corrected chi connectivity index (χ1v) is 19.2. The fourth-order valence-electron chi connectivity index (χ4n) is 9.50. The van der Waals surface area contributed by atoms with Crippen molar-refractivity contribution in [2.45, 2.75) is 108 Å². The number of carbonyl (C=O) groups is 2. The maximum absolute atomic E-state index is 14.1. The zero-order chi connectivity index (χ0) is 31.6. The summed E-state index contributed by atoms with van der Waals surface area (Å²) in [7, 11) is -3.76. The third kappa shape index (κ3) is 7.26. The van der Waals surface area contributed by atoms with Crippen LogP contribution in [-0.4, -0.2) is 56.6 Å². The zero-order valence-electron chi connectivity index (χ0n) is 27.1. The third-order valence-corrected chi connectivity index (χ3v) is 12.4. The summed E-state index contributed by atoms with van der Waals surface area (Å²) >= 11 is 0. The second-order valence-electron chi connectivity index (χ2n) is 14.6. The molecule has 2 amide bonds. The molecule has 0 spiro atoms. The standard InChI is InChI=1S/C37H51N3O4S/c1-3-34(36(42)38-32-12-8-5-9-13-32)39(19-18-27-10-6-4-7-11-27)35(41)26-40(45(2,43)44)33-16-14-31(15-17-33)37-23-28-20-29(24-37)22-30(21-28)25-37/h4,6-7,10-11,14-17,28-30,32,34H,3,5,8-9,12-13,18-26H2,1-2H3,(H,38,42). The number of hydrogen-bond donors (Lipinski definition) is 1. The summed E-state index contributed by atoms with van der Waals surface area (Å²) in [5.74, 6) is 1.98. The van der Waals surface area contributed by atoms with Gasteiger partial charge in [-0.1, -0.05) is 68.7 Å². The maximum Gasteiger partial charge on any atom is 0.244 e. The Morgan fingerprint density at radius 2 is 1.49 bits per heavy atom. The third-order valence-electron chi connectivity index (χ3n) is 11.3. The van der Waals surface area contributed by atoms with Gasteiger partial charge in [0.15, 0.2) is 0 Å². The van der Waals surface area contributed by atoms with Crippen molar-refractivity contribution in [3.8, 4) is 0 Å². The number of nitrogens with zero attached hydrogens (tertiary/aromatic N) is 2.